The molecule has 0 aromatic heterocycles. The van der Waals surface area contributed by atoms with Crippen LogP contribution in [-0.2, 0) is 14.6 Å². The van der Waals surface area contributed by atoms with Crippen LogP contribution in [0.2, 0.25) is 0 Å². The Balaban J connectivity index is 2.62. The van der Waals surface area contributed by atoms with Gasteiger partial charge in [-0.25, -0.2) is 8.42 Å². The van der Waals surface area contributed by atoms with Gasteiger partial charge in [-0.05, 0) is 33.1 Å². The van der Waals surface area contributed by atoms with Crippen molar-refractivity contribution >= 4 is 9.84 Å². The van der Waals surface area contributed by atoms with Crippen LogP contribution in [0, 0.1) is 5.92 Å². The van der Waals surface area contributed by atoms with Gasteiger partial charge in [0.15, 0.2) is 9.84 Å². The van der Waals surface area contributed by atoms with Crippen LogP contribution in [-0.4, -0.2) is 32.1 Å². The number of hydrogen-bond donors (Lipinski definition) is 0. The molecule has 13 heavy (non-hydrogen) atoms. The first kappa shape index (κ1) is 11.0. The molecule has 1 aliphatic rings. The molecule has 1 saturated heterocycles. The molecule has 0 amide bonds. The van der Waals surface area contributed by atoms with E-state index >= 15 is 0 Å². The second kappa shape index (κ2) is 3.58. The van der Waals surface area contributed by atoms with Gasteiger partial charge in [-0.15, -0.1) is 0 Å². The Bertz CT molecular complexity index is 255. The van der Waals surface area contributed by atoms with Crippen LogP contribution < -0.4 is 0 Å². The Hall–Kier alpha value is -0.0900. The van der Waals surface area contributed by atoms with Crippen LogP contribution in [0.25, 0.3) is 0 Å². The fourth-order valence-corrected chi connectivity index (χ4v) is 2.66. The van der Waals surface area contributed by atoms with E-state index in [0.717, 1.165) is 6.42 Å². The summed E-state index contributed by atoms with van der Waals surface area (Å²) in [6.07, 6.45) is 0.884. The van der Waals surface area contributed by atoms with E-state index in [9.17, 15) is 8.42 Å². The second-order valence-corrected chi connectivity index (χ2v) is 7.41. The Kier molecular flexibility index (Phi) is 3.02. The summed E-state index contributed by atoms with van der Waals surface area (Å²) >= 11 is 0. The van der Waals surface area contributed by atoms with Gasteiger partial charge in [0, 0.05) is 6.61 Å². The molecule has 4 heteroatoms. The minimum absolute atomic E-state index is 0.212. The van der Waals surface area contributed by atoms with E-state index in [-0.39, 0.29) is 11.7 Å². The topological polar surface area (TPSA) is 43.4 Å². The molecule has 0 radical (unpaired) electrons. The highest BCUT2D eigenvalue weighted by Gasteiger charge is 2.32. The minimum Gasteiger partial charge on any atom is -0.381 e. The monoisotopic (exact) mass is 206 g/mol. The summed E-state index contributed by atoms with van der Waals surface area (Å²) in [4.78, 5) is 0. The predicted octanol–water partition coefficient (Wildman–Crippen LogP) is 1.24. The van der Waals surface area contributed by atoms with Crippen molar-refractivity contribution < 1.29 is 13.2 Å². The summed E-state index contributed by atoms with van der Waals surface area (Å²) < 4.78 is 28.0. The van der Waals surface area contributed by atoms with Crippen molar-refractivity contribution in [2.24, 2.45) is 5.92 Å². The molecule has 1 rings (SSSR count). The molecular formula is C9H18O3S. The van der Waals surface area contributed by atoms with Gasteiger partial charge in [0.25, 0.3) is 0 Å². The molecule has 78 valence electrons. The van der Waals surface area contributed by atoms with Crippen LogP contribution in [0.4, 0.5) is 0 Å². The Labute approximate surface area is 80.4 Å². The SMILES string of the molecule is CC(C)(C)S(=O)(=O)C[C@H]1CCOC1. The highest BCUT2D eigenvalue weighted by molar-refractivity contribution is 7.92. The molecule has 0 spiro atoms. The van der Waals surface area contributed by atoms with Gasteiger partial charge in [-0.1, -0.05) is 0 Å². The highest BCUT2D eigenvalue weighted by atomic mass is 32.2. The molecule has 0 unspecified atom stereocenters. The van der Waals surface area contributed by atoms with Crippen LogP contribution in [0.3, 0.4) is 0 Å². The van der Waals surface area contributed by atoms with Crippen LogP contribution >= 0.6 is 0 Å². The maximum atomic E-state index is 11.8. The molecule has 0 saturated carbocycles. The summed E-state index contributed by atoms with van der Waals surface area (Å²) in [6, 6.07) is 0. The third-order valence-corrected chi connectivity index (χ3v) is 5.19. The first-order chi connectivity index (χ1) is 5.83. The van der Waals surface area contributed by atoms with Gasteiger partial charge in [0.2, 0.25) is 0 Å². The standard InChI is InChI=1S/C9H18O3S/c1-9(2,3)13(10,11)7-8-4-5-12-6-8/h8H,4-7H2,1-3H3/t8-/m0/s1. The largest absolute Gasteiger partial charge is 0.381 e. The van der Waals surface area contributed by atoms with Gasteiger partial charge in [0.1, 0.15) is 0 Å². The molecule has 1 fully saturated rings. The lowest BCUT2D eigenvalue weighted by Gasteiger charge is -2.20. The molecule has 0 aromatic rings. The lowest BCUT2D eigenvalue weighted by molar-refractivity contribution is 0.188. The number of hydrogen-bond acceptors (Lipinski definition) is 3. The molecule has 0 aromatic carbocycles. The normalized spacial score (nSPS) is 25.0. The summed E-state index contributed by atoms with van der Waals surface area (Å²) in [5.41, 5.74) is 0. The van der Waals surface area contributed by atoms with Crippen molar-refractivity contribution in [3.05, 3.63) is 0 Å². The lowest BCUT2D eigenvalue weighted by Crippen LogP contribution is -2.33. The molecule has 0 N–H and O–H groups in total. The number of sulfone groups is 1. The second-order valence-electron chi connectivity index (χ2n) is 4.62. The fraction of sp³-hybridized carbons (Fsp3) is 1.00. The summed E-state index contributed by atoms with van der Waals surface area (Å²) in [6.45, 7) is 6.56. The summed E-state index contributed by atoms with van der Waals surface area (Å²) in [5.74, 6) is 0.487. The van der Waals surface area contributed by atoms with Gasteiger partial charge in [-0.2, -0.15) is 0 Å². The van der Waals surface area contributed by atoms with Crippen LogP contribution in [0.15, 0.2) is 0 Å². The minimum atomic E-state index is -2.96. The highest BCUT2D eigenvalue weighted by Crippen LogP contribution is 2.22. The Morgan fingerprint density at radius 1 is 1.38 bits per heavy atom. The van der Waals surface area contributed by atoms with Crippen molar-refractivity contribution in [2.45, 2.75) is 31.9 Å². The van der Waals surface area contributed by atoms with Crippen LogP contribution in [0.1, 0.15) is 27.2 Å². The average Bonchev–Trinajstić information content (AvgIpc) is 2.35. The zero-order valence-electron chi connectivity index (χ0n) is 8.54. The molecular weight excluding hydrogens is 188 g/mol. The van der Waals surface area contributed by atoms with Crippen molar-refractivity contribution in [1.82, 2.24) is 0 Å². The summed E-state index contributed by atoms with van der Waals surface area (Å²) in [5, 5.41) is 0. The summed E-state index contributed by atoms with van der Waals surface area (Å²) in [7, 11) is -2.96. The maximum absolute atomic E-state index is 11.8. The molecule has 0 bridgehead atoms. The van der Waals surface area contributed by atoms with Crippen molar-refractivity contribution in [3.63, 3.8) is 0 Å². The molecule has 1 atom stereocenters. The number of rotatable bonds is 2. The Morgan fingerprint density at radius 2 is 2.00 bits per heavy atom. The fourth-order valence-electron chi connectivity index (χ4n) is 1.28. The van der Waals surface area contributed by atoms with Gasteiger partial charge < -0.3 is 4.74 Å². The van der Waals surface area contributed by atoms with Crippen molar-refractivity contribution in [3.8, 4) is 0 Å². The van der Waals surface area contributed by atoms with Crippen molar-refractivity contribution in [1.29, 1.82) is 0 Å². The number of ether oxygens (including phenoxy) is 1. The lowest BCUT2D eigenvalue weighted by atomic mass is 10.2. The van der Waals surface area contributed by atoms with E-state index in [1.807, 2.05) is 0 Å². The van der Waals surface area contributed by atoms with E-state index < -0.39 is 14.6 Å². The zero-order chi connectivity index (χ0) is 10.1. The first-order valence-corrected chi connectivity index (χ1v) is 6.28. The smallest absolute Gasteiger partial charge is 0.155 e. The predicted molar refractivity (Wildman–Crippen MR) is 52.5 cm³/mol. The van der Waals surface area contributed by atoms with Crippen LogP contribution in [0.5, 0.6) is 0 Å². The first-order valence-electron chi connectivity index (χ1n) is 4.63. The molecule has 0 aliphatic carbocycles. The third-order valence-electron chi connectivity index (χ3n) is 2.41. The van der Waals surface area contributed by atoms with Gasteiger partial charge >= 0.3 is 0 Å². The zero-order valence-corrected chi connectivity index (χ0v) is 9.36. The van der Waals surface area contributed by atoms with Crippen molar-refractivity contribution in [2.75, 3.05) is 19.0 Å². The quantitative estimate of drug-likeness (QED) is 0.682. The van der Waals surface area contributed by atoms with Gasteiger partial charge in [-0.3, -0.25) is 0 Å². The third kappa shape index (κ3) is 2.68. The van der Waals surface area contributed by atoms with E-state index in [1.54, 1.807) is 20.8 Å². The molecule has 1 heterocycles. The van der Waals surface area contributed by atoms with E-state index in [1.165, 1.54) is 0 Å². The van der Waals surface area contributed by atoms with E-state index in [0.29, 0.717) is 13.2 Å². The average molecular weight is 206 g/mol. The van der Waals surface area contributed by atoms with E-state index in [4.69, 9.17) is 4.74 Å². The van der Waals surface area contributed by atoms with E-state index in [2.05, 4.69) is 0 Å². The molecule has 3 nitrogen and oxygen atoms in total. The Morgan fingerprint density at radius 3 is 2.38 bits per heavy atom. The van der Waals surface area contributed by atoms with Gasteiger partial charge in [0.05, 0.1) is 17.1 Å². The maximum Gasteiger partial charge on any atom is 0.155 e. The molecule has 1 aliphatic heterocycles.